The van der Waals surface area contributed by atoms with Crippen molar-refractivity contribution in [1.82, 2.24) is 19.4 Å². The van der Waals surface area contributed by atoms with Gasteiger partial charge in [-0.3, -0.25) is 0 Å². The lowest BCUT2D eigenvalue weighted by molar-refractivity contribution is -0.0947. The molecule has 0 N–H and O–H groups in total. The Labute approximate surface area is 102 Å². The van der Waals surface area contributed by atoms with Gasteiger partial charge in [0.25, 0.3) is 0 Å². The van der Waals surface area contributed by atoms with E-state index < -0.39 is 0 Å². The van der Waals surface area contributed by atoms with E-state index in [9.17, 15) is 0 Å². The summed E-state index contributed by atoms with van der Waals surface area (Å²) in [6.45, 7) is 2.63. The van der Waals surface area contributed by atoms with Crippen LogP contribution in [0.5, 0.6) is 0 Å². The largest absolute Gasteiger partial charge is 0.376 e. The third kappa shape index (κ3) is 2.51. The van der Waals surface area contributed by atoms with Crippen LogP contribution in [0.2, 0.25) is 0 Å². The first-order chi connectivity index (χ1) is 8.42. The molecular formula is C10H12N4O2S. The summed E-state index contributed by atoms with van der Waals surface area (Å²) in [6.07, 6.45) is 3.76. The fraction of sp³-hybridized carbons (Fsp3) is 0.500. The van der Waals surface area contributed by atoms with E-state index >= 15 is 0 Å². The van der Waals surface area contributed by atoms with Gasteiger partial charge in [-0.05, 0) is 11.5 Å². The summed E-state index contributed by atoms with van der Waals surface area (Å²) in [5.74, 6) is 0. The minimum atomic E-state index is 0.0684. The Bertz CT molecular complexity index is 464. The smallest absolute Gasteiger partial charge is 0.115 e. The Morgan fingerprint density at radius 2 is 2.47 bits per heavy atom. The Morgan fingerprint density at radius 1 is 1.47 bits per heavy atom. The van der Waals surface area contributed by atoms with Crippen LogP contribution in [0.4, 0.5) is 0 Å². The number of ether oxygens (including phenoxy) is 2. The fourth-order valence-electron chi connectivity index (χ4n) is 1.70. The highest BCUT2D eigenvalue weighted by Gasteiger charge is 2.16. The van der Waals surface area contributed by atoms with Crippen LogP contribution in [-0.4, -0.2) is 45.3 Å². The third-order valence-electron chi connectivity index (χ3n) is 2.54. The van der Waals surface area contributed by atoms with Crippen LogP contribution in [0.1, 0.15) is 0 Å². The van der Waals surface area contributed by atoms with Crippen molar-refractivity contribution in [2.24, 2.45) is 0 Å². The molecule has 2 aromatic rings. The minimum absolute atomic E-state index is 0.0684. The summed E-state index contributed by atoms with van der Waals surface area (Å²) in [4.78, 5) is 0. The highest BCUT2D eigenvalue weighted by molar-refractivity contribution is 7.03. The van der Waals surface area contributed by atoms with Gasteiger partial charge in [-0.1, -0.05) is 5.21 Å². The molecule has 1 atom stereocenters. The van der Waals surface area contributed by atoms with Gasteiger partial charge < -0.3 is 9.47 Å². The molecule has 3 rings (SSSR count). The standard InChI is InChI=1S/C10H12N4O2S/c1-2-16-9(6-15-1)4-14-5-10(12-13-14)8-3-11-17-7-8/h3,5,7,9H,1-2,4,6H2/t9-/m1/s1. The van der Waals surface area contributed by atoms with Gasteiger partial charge in [-0.2, -0.15) is 0 Å². The summed E-state index contributed by atoms with van der Waals surface area (Å²) < 4.78 is 16.7. The molecule has 6 nitrogen and oxygen atoms in total. The van der Waals surface area contributed by atoms with E-state index in [1.807, 2.05) is 11.6 Å². The quantitative estimate of drug-likeness (QED) is 0.809. The van der Waals surface area contributed by atoms with Crippen LogP contribution in [-0.2, 0) is 16.0 Å². The fourth-order valence-corrected chi connectivity index (χ4v) is 2.23. The lowest BCUT2D eigenvalue weighted by atomic mass is 10.3. The molecule has 0 saturated carbocycles. The van der Waals surface area contributed by atoms with E-state index in [4.69, 9.17) is 9.47 Å². The second-order valence-electron chi connectivity index (χ2n) is 3.81. The molecule has 1 aliphatic heterocycles. The molecule has 2 aromatic heterocycles. The predicted octanol–water partition coefficient (Wildman–Crippen LogP) is 0.817. The van der Waals surface area contributed by atoms with Gasteiger partial charge in [-0.15, -0.1) is 5.10 Å². The molecular weight excluding hydrogens is 240 g/mol. The highest BCUT2D eigenvalue weighted by atomic mass is 32.1. The van der Waals surface area contributed by atoms with E-state index in [1.54, 1.807) is 10.9 Å². The van der Waals surface area contributed by atoms with Gasteiger partial charge in [0.05, 0.1) is 38.8 Å². The summed E-state index contributed by atoms with van der Waals surface area (Å²) in [5.41, 5.74) is 1.84. The molecule has 0 aliphatic carbocycles. The van der Waals surface area contributed by atoms with Gasteiger partial charge in [0.1, 0.15) is 11.8 Å². The van der Waals surface area contributed by atoms with Crippen LogP contribution in [0.25, 0.3) is 11.3 Å². The number of hydrogen-bond acceptors (Lipinski definition) is 6. The summed E-state index contributed by atoms with van der Waals surface area (Å²) in [5, 5.41) is 10.1. The van der Waals surface area contributed by atoms with Crippen molar-refractivity contribution < 1.29 is 9.47 Å². The van der Waals surface area contributed by atoms with Gasteiger partial charge in [0, 0.05) is 10.9 Å². The molecule has 0 spiro atoms. The first-order valence-corrected chi connectivity index (χ1v) is 6.25. The van der Waals surface area contributed by atoms with Crippen LogP contribution < -0.4 is 0 Å². The normalized spacial score (nSPS) is 20.6. The Kier molecular flexibility index (Phi) is 3.12. The van der Waals surface area contributed by atoms with E-state index in [-0.39, 0.29) is 6.10 Å². The molecule has 0 radical (unpaired) electrons. The Balaban J connectivity index is 1.68. The molecule has 1 saturated heterocycles. The van der Waals surface area contributed by atoms with Crippen molar-refractivity contribution in [3.05, 3.63) is 17.8 Å². The van der Waals surface area contributed by atoms with Crippen molar-refractivity contribution >= 4 is 11.5 Å². The van der Waals surface area contributed by atoms with Crippen LogP contribution in [0.3, 0.4) is 0 Å². The molecule has 0 bridgehead atoms. The second kappa shape index (κ2) is 4.91. The van der Waals surface area contributed by atoms with E-state index in [2.05, 4.69) is 14.7 Å². The lowest BCUT2D eigenvalue weighted by Crippen LogP contribution is -2.32. The van der Waals surface area contributed by atoms with Gasteiger partial charge in [0.2, 0.25) is 0 Å². The first kappa shape index (κ1) is 10.8. The molecule has 7 heteroatoms. The maximum Gasteiger partial charge on any atom is 0.115 e. The molecule has 0 aromatic carbocycles. The molecule has 1 fully saturated rings. The first-order valence-electron chi connectivity index (χ1n) is 5.41. The molecule has 1 aliphatic rings. The van der Waals surface area contributed by atoms with Crippen molar-refractivity contribution in [1.29, 1.82) is 0 Å². The lowest BCUT2D eigenvalue weighted by Gasteiger charge is -2.22. The number of rotatable bonds is 3. The number of hydrogen-bond donors (Lipinski definition) is 0. The van der Waals surface area contributed by atoms with Crippen molar-refractivity contribution in [3.63, 3.8) is 0 Å². The second-order valence-corrected chi connectivity index (χ2v) is 4.46. The monoisotopic (exact) mass is 252 g/mol. The molecule has 90 valence electrons. The van der Waals surface area contributed by atoms with E-state index in [1.165, 1.54) is 11.5 Å². The average molecular weight is 252 g/mol. The molecule has 17 heavy (non-hydrogen) atoms. The zero-order valence-electron chi connectivity index (χ0n) is 9.15. The third-order valence-corrected chi connectivity index (χ3v) is 3.13. The summed E-state index contributed by atoms with van der Waals surface area (Å²) in [7, 11) is 0. The molecule has 3 heterocycles. The predicted molar refractivity (Wildman–Crippen MR) is 61.7 cm³/mol. The van der Waals surface area contributed by atoms with Crippen LogP contribution in [0, 0.1) is 0 Å². The van der Waals surface area contributed by atoms with Crippen molar-refractivity contribution in [2.45, 2.75) is 12.6 Å². The zero-order chi connectivity index (χ0) is 11.5. The van der Waals surface area contributed by atoms with Crippen molar-refractivity contribution in [3.8, 4) is 11.3 Å². The minimum Gasteiger partial charge on any atom is -0.376 e. The maximum atomic E-state index is 5.56. The highest BCUT2D eigenvalue weighted by Crippen LogP contribution is 2.17. The Morgan fingerprint density at radius 3 is 3.24 bits per heavy atom. The maximum absolute atomic E-state index is 5.56. The van der Waals surface area contributed by atoms with Crippen molar-refractivity contribution in [2.75, 3.05) is 19.8 Å². The van der Waals surface area contributed by atoms with Gasteiger partial charge >= 0.3 is 0 Å². The summed E-state index contributed by atoms with van der Waals surface area (Å²) in [6, 6.07) is 0. The number of nitrogens with zero attached hydrogens (tertiary/aromatic N) is 4. The van der Waals surface area contributed by atoms with Gasteiger partial charge in [-0.25, -0.2) is 9.06 Å². The van der Waals surface area contributed by atoms with E-state index in [0.717, 1.165) is 11.3 Å². The zero-order valence-corrected chi connectivity index (χ0v) is 9.97. The SMILES string of the molecule is c1nscc1-c1cn(C[C@@H]2COCCO2)nn1. The molecule has 0 unspecified atom stereocenters. The Hall–Kier alpha value is -1.31. The van der Waals surface area contributed by atoms with Crippen LogP contribution >= 0.6 is 11.5 Å². The summed E-state index contributed by atoms with van der Waals surface area (Å²) >= 11 is 1.41. The number of aromatic nitrogens is 4. The average Bonchev–Trinajstić information content (AvgIpc) is 3.00. The van der Waals surface area contributed by atoms with Crippen LogP contribution in [0.15, 0.2) is 17.8 Å². The topological polar surface area (TPSA) is 62.1 Å². The molecule has 0 amide bonds. The van der Waals surface area contributed by atoms with E-state index in [0.29, 0.717) is 26.4 Å². The van der Waals surface area contributed by atoms with Gasteiger partial charge in [0.15, 0.2) is 0 Å².